The van der Waals surface area contributed by atoms with E-state index in [1.54, 1.807) is 11.1 Å². The molecular formula is C17H22N4O2. The molecule has 1 aromatic carbocycles. The molecule has 2 N–H and O–H groups in total. The van der Waals surface area contributed by atoms with E-state index in [4.69, 9.17) is 0 Å². The Balaban J connectivity index is 1.55. The fourth-order valence-corrected chi connectivity index (χ4v) is 2.78. The quantitative estimate of drug-likeness (QED) is 0.862. The molecule has 1 aliphatic rings. The maximum Gasteiger partial charge on any atom is 0.256 e. The molecule has 0 unspecified atom stereocenters. The highest BCUT2D eigenvalue weighted by atomic mass is 16.2. The molecule has 3 rings (SSSR count). The summed E-state index contributed by atoms with van der Waals surface area (Å²) in [7, 11) is 3.94. The molecule has 0 atom stereocenters. The molecular weight excluding hydrogens is 292 g/mol. The number of carbonyl (C=O) groups is 2. The Morgan fingerprint density at radius 1 is 1.30 bits per heavy atom. The van der Waals surface area contributed by atoms with Gasteiger partial charge in [-0.15, -0.1) is 0 Å². The van der Waals surface area contributed by atoms with Crippen LogP contribution >= 0.6 is 0 Å². The summed E-state index contributed by atoms with van der Waals surface area (Å²) in [4.78, 5) is 31.4. The summed E-state index contributed by atoms with van der Waals surface area (Å²) in [6.07, 6.45) is 1.75. The molecule has 0 radical (unpaired) electrons. The number of benzene rings is 1. The SMILES string of the molecule is CN(C)CCNC(=O)C1CN(C(=O)c2c[nH]c3ccccc23)C1. The van der Waals surface area contributed by atoms with Crippen LogP contribution in [0, 0.1) is 5.92 Å². The van der Waals surface area contributed by atoms with Crippen LogP contribution in [-0.4, -0.2) is 66.9 Å². The number of aromatic nitrogens is 1. The number of likely N-dealkylation sites (N-methyl/N-ethyl adjacent to an activating group) is 1. The third-order valence-corrected chi connectivity index (χ3v) is 4.22. The number of H-pyrrole nitrogens is 1. The number of fused-ring (bicyclic) bond motifs is 1. The monoisotopic (exact) mass is 314 g/mol. The average molecular weight is 314 g/mol. The Morgan fingerprint density at radius 3 is 2.78 bits per heavy atom. The molecule has 23 heavy (non-hydrogen) atoms. The molecule has 2 amide bonds. The molecule has 1 saturated heterocycles. The Hall–Kier alpha value is -2.34. The predicted octanol–water partition coefficient (Wildman–Crippen LogP) is 0.918. The minimum absolute atomic E-state index is 0.0141. The Kier molecular flexibility index (Phi) is 4.34. The first-order valence-electron chi connectivity index (χ1n) is 7.84. The van der Waals surface area contributed by atoms with Crippen LogP contribution in [-0.2, 0) is 4.79 Å². The number of aromatic amines is 1. The van der Waals surface area contributed by atoms with Crippen molar-refractivity contribution in [3.8, 4) is 0 Å². The van der Waals surface area contributed by atoms with Gasteiger partial charge in [0.05, 0.1) is 11.5 Å². The fraction of sp³-hybridized carbons (Fsp3) is 0.412. The number of nitrogens with zero attached hydrogens (tertiary/aromatic N) is 2. The van der Waals surface area contributed by atoms with Crippen LogP contribution in [0.5, 0.6) is 0 Å². The van der Waals surface area contributed by atoms with Crippen LogP contribution in [0.1, 0.15) is 10.4 Å². The van der Waals surface area contributed by atoms with E-state index >= 15 is 0 Å². The topological polar surface area (TPSA) is 68.4 Å². The van der Waals surface area contributed by atoms with E-state index in [0.29, 0.717) is 25.2 Å². The first kappa shape index (κ1) is 15.6. The van der Waals surface area contributed by atoms with Gasteiger partial charge in [0, 0.05) is 43.3 Å². The second kappa shape index (κ2) is 6.42. The predicted molar refractivity (Wildman–Crippen MR) is 89.3 cm³/mol. The van der Waals surface area contributed by atoms with Crippen LogP contribution in [0.25, 0.3) is 10.9 Å². The summed E-state index contributed by atoms with van der Waals surface area (Å²) in [5.74, 6) is -0.0686. The number of hydrogen-bond donors (Lipinski definition) is 2. The van der Waals surface area contributed by atoms with Gasteiger partial charge in [-0.25, -0.2) is 0 Å². The first-order chi connectivity index (χ1) is 11.1. The molecule has 1 aromatic heterocycles. The van der Waals surface area contributed by atoms with Gasteiger partial charge in [-0.3, -0.25) is 9.59 Å². The summed E-state index contributed by atoms with van der Waals surface area (Å²) < 4.78 is 0. The molecule has 2 aromatic rings. The number of rotatable bonds is 5. The maximum absolute atomic E-state index is 12.5. The minimum Gasteiger partial charge on any atom is -0.360 e. The fourth-order valence-electron chi connectivity index (χ4n) is 2.78. The van der Waals surface area contributed by atoms with Crippen molar-refractivity contribution in [2.75, 3.05) is 40.3 Å². The van der Waals surface area contributed by atoms with Gasteiger partial charge in [-0.2, -0.15) is 0 Å². The Morgan fingerprint density at radius 2 is 2.04 bits per heavy atom. The molecule has 122 valence electrons. The van der Waals surface area contributed by atoms with Crippen molar-refractivity contribution in [3.63, 3.8) is 0 Å². The van der Waals surface area contributed by atoms with Gasteiger partial charge >= 0.3 is 0 Å². The molecule has 2 heterocycles. The van der Waals surface area contributed by atoms with Crippen LogP contribution in [0.4, 0.5) is 0 Å². The average Bonchev–Trinajstić information content (AvgIpc) is 2.89. The molecule has 0 bridgehead atoms. The lowest BCUT2D eigenvalue weighted by molar-refractivity contribution is -0.129. The molecule has 1 fully saturated rings. The van der Waals surface area contributed by atoms with Crippen LogP contribution in [0.3, 0.4) is 0 Å². The van der Waals surface area contributed by atoms with E-state index in [1.807, 2.05) is 43.3 Å². The maximum atomic E-state index is 12.5. The van der Waals surface area contributed by atoms with Gasteiger partial charge in [0.15, 0.2) is 0 Å². The van der Waals surface area contributed by atoms with Gasteiger partial charge in [0.1, 0.15) is 0 Å². The summed E-state index contributed by atoms with van der Waals surface area (Å²) in [5, 5.41) is 3.84. The number of carbonyl (C=O) groups excluding carboxylic acids is 2. The van der Waals surface area contributed by atoms with Crippen molar-refractivity contribution in [1.82, 2.24) is 20.1 Å². The second-order valence-corrected chi connectivity index (χ2v) is 6.25. The minimum atomic E-state index is -0.0914. The number of nitrogens with one attached hydrogen (secondary N) is 2. The molecule has 0 saturated carbocycles. The Bertz CT molecular complexity index is 716. The third kappa shape index (κ3) is 3.22. The van der Waals surface area contributed by atoms with E-state index in [0.717, 1.165) is 17.4 Å². The normalized spacial score (nSPS) is 15.0. The lowest BCUT2D eigenvalue weighted by atomic mass is 9.97. The number of amides is 2. The van der Waals surface area contributed by atoms with E-state index in [2.05, 4.69) is 10.3 Å². The smallest absolute Gasteiger partial charge is 0.256 e. The van der Waals surface area contributed by atoms with Crippen molar-refractivity contribution < 1.29 is 9.59 Å². The third-order valence-electron chi connectivity index (χ3n) is 4.22. The summed E-state index contributed by atoms with van der Waals surface area (Å²) in [6, 6.07) is 7.74. The summed E-state index contributed by atoms with van der Waals surface area (Å²) in [5.41, 5.74) is 1.63. The molecule has 1 aliphatic heterocycles. The van der Waals surface area contributed by atoms with Gasteiger partial charge in [0.2, 0.25) is 5.91 Å². The summed E-state index contributed by atoms with van der Waals surface area (Å²) >= 11 is 0. The lowest BCUT2D eigenvalue weighted by Crippen LogP contribution is -2.56. The van der Waals surface area contributed by atoms with Crippen LogP contribution < -0.4 is 5.32 Å². The molecule has 0 spiro atoms. The van der Waals surface area contributed by atoms with Gasteiger partial charge in [0.25, 0.3) is 5.91 Å². The Labute approximate surface area is 135 Å². The van der Waals surface area contributed by atoms with E-state index in [-0.39, 0.29) is 17.7 Å². The summed E-state index contributed by atoms with van der Waals surface area (Å²) in [6.45, 7) is 2.44. The van der Waals surface area contributed by atoms with E-state index < -0.39 is 0 Å². The van der Waals surface area contributed by atoms with Gasteiger partial charge in [-0.1, -0.05) is 18.2 Å². The highest BCUT2D eigenvalue weighted by Crippen LogP contribution is 2.23. The number of hydrogen-bond acceptors (Lipinski definition) is 3. The van der Waals surface area contributed by atoms with E-state index in [1.165, 1.54) is 0 Å². The van der Waals surface area contributed by atoms with Crippen LogP contribution in [0.15, 0.2) is 30.5 Å². The van der Waals surface area contributed by atoms with Crippen molar-refractivity contribution in [2.24, 2.45) is 5.92 Å². The molecule has 6 heteroatoms. The zero-order valence-corrected chi connectivity index (χ0v) is 13.5. The van der Waals surface area contributed by atoms with Crippen molar-refractivity contribution in [2.45, 2.75) is 0 Å². The van der Waals surface area contributed by atoms with Crippen molar-refractivity contribution in [3.05, 3.63) is 36.0 Å². The van der Waals surface area contributed by atoms with Crippen LogP contribution in [0.2, 0.25) is 0 Å². The number of para-hydroxylation sites is 1. The lowest BCUT2D eigenvalue weighted by Gasteiger charge is -2.38. The molecule has 0 aliphatic carbocycles. The zero-order chi connectivity index (χ0) is 16.4. The standard InChI is InChI=1S/C17H22N4O2/c1-20(2)8-7-18-16(22)12-10-21(11-12)17(23)14-9-19-15-6-4-3-5-13(14)15/h3-6,9,12,19H,7-8,10-11H2,1-2H3,(H,18,22). The largest absolute Gasteiger partial charge is 0.360 e. The molecule has 6 nitrogen and oxygen atoms in total. The highest BCUT2D eigenvalue weighted by Gasteiger charge is 2.36. The van der Waals surface area contributed by atoms with Crippen molar-refractivity contribution in [1.29, 1.82) is 0 Å². The van der Waals surface area contributed by atoms with Gasteiger partial charge < -0.3 is 20.1 Å². The van der Waals surface area contributed by atoms with E-state index in [9.17, 15) is 9.59 Å². The van der Waals surface area contributed by atoms with Gasteiger partial charge in [-0.05, 0) is 20.2 Å². The highest BCUT2D eigenvalue weighted by molar-refractivity contribution is 6.07. The zero-order valence-electron chi connectivity index (χ0n) is 13.5. The first-order valence-corrected chi connectivity index (χ1v) is 7.84. The second-order valence-electron chi connectivity index (χ2n) is 6.25. The van der Waals surface area contributed by atoms with Crippen molar-refractivity contribution >= 4 is 22.7 Å². The number of likely N-dealkylation sites (tertiary alicyclic amines) is 1.